The molecule has 0 fully saturated rings. The summed E-state index contributed by atoms with van der Waals surface area (Å²) < 4.78 is 59.6. The maximum absolute atomic E-state index is 14.3. The third-order valence-corrected chi connectivity index (χ3v) is 8.19. The molecule has 5 aromatic rings. The number of alkyl halides is 2. The first-order chi connectivity index (χ1) is 20.3. The average molecular weight is 673 g/mol. The number of benzene rings is 4. The lowest BCUT2D eigenvalue weighted by atomic mass is 9.98. The molecular weight excluding hydrogens is 652 g/mol. The van der Waals surface area contributed by atoms with Crippen molar-refractivity contribution in [1.29, 1.82) is 0 Å². The molecule has 0 unspecified atom stereocenters. The Kier molecular flexibility index (Phi) is 8.31. The quantitative estimate of drug-likeness (QED) is 0.134. The Balaban J connectivity index is 1.46. The molecule has 0 aliphatic carbocycles. The topological polar surface area (TPSA) is 124 Å². The number of halogens is 4. The Morgan fingerprint density at radius 3 is 2.23 bits per heavy atom. The molecule has 0 aliphatic rings. The molecule has 220 valence electrons. The van der Waals surface area contributed by atoms with Gasteiger partial charge in [-0.15, -0.1) is 0 Å². The van der Waals surface area contributed by atoms with Crippen LogP contribution in [0.3, 0.4) is 0 Å². The van der Waals surface area contributed by atoms with E-state index < -0.39 is 30.6 Å². The van der Waals surface area contributed by atoms with Crippen LogP contribution in [0.1, 0.15) is 21.5 Å². The van der Waals surface area contributed by atoms with E-state index in [0.29, 0.717) is 33.7 Å². The summed E-state index contributed by atoms with van der Waals surface area (Å²) in [5.41, 5.74) is -2.31. The van der Waals surface area contributed by atoms with Crippen molar-refractivity contribution >= 4 is 41.2 Å². The molecular formula is C30H21BrF3N2O6P. The van der Waals surface area contributed by atoms with Crippen molar-refractivity contribution in [1.82, 2.24) is 4.98 Å². The zero-order valence-corrected chi connectivity index (χ0v) is 24.3. The predicted octanol–water partition coefficient (Wildman–Crippen LogP) is 8.17. The fraction of sp³-hybridized carbons (Fsp3) is 0.0667. The lowest BCUT2D eigenvalue weighted by Crippen LogP contribution is -2.18. The Morgan fingerprint density at radius 2 is 1.60 bits per heavy atom. The van der Waals surface area contributed by atoms with Crippen molar-refractivity contribution in [2.75, 3.05) is 4.90 Å². The largest absolute Gasteiger partial charge is 0.478 e. The molecule has 0 radical (unpaired) electrons. The van der Waals surface area contributed by atoms with E-state index in [1.54, 1.807) is 47.4 Å². The molecule has 0 atom stereocenters. The van der Waals surface area contributed by atoms with Crippen LogP contribution in [0, 0.1) is 5.82 Å². The number of rotatable bonds is 9. The Bertz CT molecular complexity index is 1840. The summed E-state index contributed by atoms with van der Waals surface area (Å²) in [6, 6.07) is 22.7. The molecule has 0 saturated carbocycles. The summed E-state index contributed by atoms with van der Waals surface area (Å²) in [7, 11) is -5.78. The normalized spacial score (nSPS) is 11.9. The minimum Gasteiger partial charge on any atom is -0.478 e. The third kappa shape index (κ3) is 6.28. The number of oxazole rings is 1. The van der Waals surface area contributed by atoms with E-state index >= 15 is 0 Å². The standard InChI is InChI=1S/C30H21BrF3N2O6P/c31-26-15-18(5-14-25(26)30(33,34)43(39,40)41)17-36(22-12-10-21(32)11-13-22)29-35-16-27(42-29)20-8-6-19(7-9-20)23-3-1-2-4-24(23)28(37)38/h1-16H,17H2,(H,37,38)(H2,39,40,41). The van der Waals surface area contributed by atoms with Gasteiger partial charge in [-0.1, -0.05) is 70.5 Å². The summed E-state index contributed by atoms with van der Waals surface area (Å²) in [5.74, 6) is -1.15. The average Bonchev–Trinajstić information content (AvgIpc) is 3.46. The van der Waals surface area contributed by atoms with Gasteiger partial charge in [0.25, 0.3) is 0 Å². The Labute approximate surface area is 251 Å². The van der Waals surface area contributed by atoms with Crippen LogP contribution >= 0.6 is 23.5 Å². The number of hydrogen-bond acceptors (Lipinski definition) is 5. The molecule has 0 saturated heterocycles. The van der Waals surface area contributed by atoms with Gasteiger partial charge in [-0.3, -0.25) is 9.46 Å². The molecule has 13 heteroatoms. The van der Waals surface area contributed by atoms with Gasteiger partial charge in [-0.25, -0.2) is 14.2 Å². The highest BCUT2D eigenvalue weighted by Gasteiger charge is 2.51. The summed E-state index contributed by atoms with van der Waals surface area (Å²) in [6.07, 6.45) is 1.48. The fourth-order valence-electron chi connectivity index (χ4n) is 4.39. The minimum atomic E-state index is -5.78. The van der Waals surface area contributed by atoms with Gasteiger partial charge in [-0.2, -0.15) is 8.78 Å². The fourth-order valence-corrected chi connectivity index (χ4v) is 5.73. The Hall–Kier alpha value is -4.22. The summed E-state index contributed by atoms with van der Waals surface area (Å²) in [6.45, 7) is 0.0108. The van der Waals surface area contributed by atoms with Crippen molar-refractivity contribution in [2.45, 2.75) is 12.2 Å². The molecule has 0 amide bonds. The molecule has 0 bridgehead atoms. The van der Waals surface area contributed by atoms with Gasteiger partial charge in [0.15, 0.2) is 5.76 Å². The first-order valence-electron chi connectivity index (χ1n) is 12.5. The minimum absolute atomic E-state index is 0.0108. The van der Waals surface area contributed by atoms with Crippen LogP contribution in [0.15, 0.2) is 106 Å². The monoisotopic (exact) mass is 672 g/mol. The lowest BCUT2D eigenvalue weighted by molar-refractivity contribution is 0.0557. The van der Waals surface area contributed by atoms with E-state index in [0.717, 1.165) is 6.07 Å². The van der Waals surface area contributed by atoms with Crippen molar-refractivity contribution in [3.05, 3.63) is 124 Å². The number of carboxylic acids is 1. The molecule has 1 heterocycles. The van der Waals surface area contributed by atoms with Gasteiger partial charge in [0.1, 0.15) is 5.82 Å². The molecule has 1 aromatic heterocycles. The van der Waals surface area contributed by atoms with Gasteiger partial charge in [0.05, 0.1) is 18.3 Å². The van der Waals surface area contributed by atoms with Crippen LogP contribution in [0.4, 0.5) is 24.9 Å². The van der Waals surface area contributed by atoms with Crippen LogP contribution in [-0.2, 0) is 16.8 Å². The number of aromatic nitrogens is 1. The third-order valence-electron chi connectivity index (χ3n) is 6.56. The van der Waals surface area contributed by atoms with Crippen LogP contribution in [0.5, 0.6) is 0 Å². The molecule has 8 nitrogen and oxygen atoms in total. The highest BCUT2D eigenvalue weighted by atomic mass is 79.9. The number of carboxylic acid groups (broad SMARTS) is 1. The van der Waals surface area contributed by atoms with Gasteiger partial charge < -0.3 is 19.3 Å². The zero-order valence-electron chi connectivity index (χ0n) is 21.9. The first kappa shape index (κ1) is 30.2. The van der Waals surface area contributed by atoms with Crippen molar-refractivity contribution in [3.8, 4) is 22.5 Å². The van der Waals surface area contributed by atoms with Gasteiger partial charge >= 0.3 is 25.2 Å². The van der Waals surface area contributed by atoms with Crippen molar-refractivity contribution in [2.24, 2.45) is 0 Å². The summed E-state index contributed by atoms with van der Waals surface area (Å²) in [4.78, 5) is 35.8. The zero-order chi connectivity index (χ0) is 30.9. The first-order valence-corrected chi connectivity index (χ1v) is 14.9. The van der Waals surface area contributed by atoms with E-state index in [-0.39, 0.29) is 22.6 Å². The van der Waals surface area contributed by atoms with Crippen LogP contribution in [-0.4, -0.2) is 25.8 Å². The maximum Gasteiger partial charge on any atom is 0.399 e. The molecule has 43 heavy (non-hydrogen) atoms. The second-order valence-electron chi connectivity index (χ2n) is 9.40. The second-order valence-corrected chi connectivity index (χ2v) is 11.9. The second kappa shape index (κ2) is 11.8. The Morgan fingerprint density at radius 1 is 0.953 bits per heavy atom. The van der Waals surface area contributed by atoms with Gasteiger partial charge in [0.2, 0.25) is 0 Å². The van der Waals surface area contributed by atoms with Crippen LogP contribution in [0.25, 0.3) is 22.5 Å². The number of hydrogen-bond donors (Lipinski definition) is 3. The summed E-state index contributed by atoms with van der Waals surface area (Å²) >= 11 is 2.99. The van der Waals surface area contributed by atoms with Crippen molar-refractivity contribution < 1.29 is 41.8 Å². The lowest BCUT2D eigenvalue weighted by Gasteiger charge is -2.23. The van der Waals surface area contributed by atoms with E-state index in [9.17, 15) is 27.6 Å². The molecule has 5 rings (SSSR count). The smallest absolute Gasteiger partial charge is 0.399 e. The van der Waals surface area contributed by atoms with Gasteiger partial charge in [0, 0.05) is 21.3 Å². The van der Waals surface area contributed by atoms with Crippen LogP contribution in [0.2, 0.25) is 0 Å². The number of anilines is 2. The van der Waals surface area contributed by atoms with E-state index in [4.69, 9.17) is 14.2 Å². The predicted molar refractivity (Wildman–Crippen MR) is 157 cm³/mol. The number of carbonyl (C=O) groups is 1. The molecule has 4 aromatic carbocycles. The van der Waals surface area contributed by atoms with E-state index in [2.05, 4.69) is 20.9 Å². The van der Waals surface area contributed by atoms with Crippen molar-refractivity contribution in [3.63, 3.8) is 0 Å². The number of aromatic carboxylic acids is 1. The molecule has 0 spiro atoms. The number of nitrogens with zero attached hydrogens (tertiary/aromatic N) is 2. The van der Waals surface area contributed by atoms with E-state index in [1.165, 1.54) is 48.7 Å². The summed E-state index contributed by atoms with van der Waals surface area (Å²) in [5, 5.41) is 9.51. The molecule has 3 N–H and O–H groups in total. The highest BCUT2D eigenvalue weighted by molar-refractivity contribution is 9.10. The highest BCUT2D eigenvalue weighted by Crippen LogP contribution is 2.60. The maximum atomic E-state index is 14.3. The van der Waals surface area contributed by atoms with E-state index in [1.807, 2.05) is 0 Å². The SMILES string of the molecule is O=C(O)c1ccccc1-c1ccc(-c2cnc(N(Cc3ccc(C(F)(F)P(=O)(O)O)c(Br)c3)c3ccc(F)cc3)o2)cc1. The molecule has 0 aliphatic heterocycles. The van der Waals surface area contributed by atoms with Crippen LogP contribution < -0.4 is 4.90 Å². The van der Waals surface area contributed by atoms with Gasteiger partial charge in [-0.05, 0) is 53.1 Å².